The fourth-order valence-corrected chi connectivity index (χ4v) is 4.22. The van der Waals surface area contributed by atoms with Gasteiger partial charge in [0.05, 0.1) is 35.7 Å². The van der Waals surface area contributed by atoms with E-state index in [1.54, 1.807) is 34.7 Å². The molecule has 0 amide bonds. The first-order valence-corrected chi connectivity index (χ1v) is 11.7. The monoisotopic (exact) mass is 514 g/mol. The molecule has 0 radical (unpaired) electrons. The molecule has 1 N–H and O–H groups in total. The average molecular weight is 515 g/mol. The van der Waals surface area contributed by atoms with Crippen molar-refractivity contribution >= 4 is 11.5 Å². The van der Waals surface area contributed by atoms with Crippen LogP contribution in [0.1, 0.15) is 18.2 Å². The molecule has 0 aliphatic carbocycles. The zero-order valence-electron chi connectivity index (χ0n) is 20.2. The molecule has 8 nitrogen and oxygen atoms in total. The highest BCUT2D eigenvalue weighted by molar-refractivity contribution is 5.84. The normalized spacial score (nSPS) is 12.9. The molecule has 0 saturated heterocycles. The lowest BCUT2D eigenvalue weighted by Crippen LogP contribution is -2.22. The van der Waals surface area contributed by atoms with Crippen LogP contribution in [-0.4, -0.2) is 53.3 Å². The van der Waals surface area contributed by atoms with E-state index < -0.39 is 11.7 Å². The molecular weight excluding hydrogens is 489 g/mol. The van der Waals surface area contributed by atoms with Gasteiger partial charge in [-0.2, -0.15) is 18.3 Å². The maximum atomic E-state index is 13.5. The van der Waals surface area contributed by atoms with Crippen LogP contribution < -0.4 is 14.4 Å². The highest BCUT2D eigenvalue weighted by atomic mass is 19.4. The summed E-state index contributed by atoms with van der Waals surface area (Å²) in [5.74, 6) is 1.66. The Morgan fingerprint density at radius 2 is 1.89 bits per heavy atom. The highest BCUT2D eigenvalue weighted by Crippen LogP contribution is 2.40. The summed E-state index contributed by atoms with van der Waals surface area (Å²) < 4.78 is 58.8. The topological polar surface area (TPSA) is 81.4 Å². The lowest BCUT2D eigenvalue weighted by atomic mass is 10.0. The molecule has 2 aromatic carbocycles. The van der Waals surface area contributed by atoms with E-state index in [1.807, 2.05) is 19.1 Å². The molecule has 11 heteroatoms. The number of benzene rings is 2. The maximum Gasteiger partial charge on any atom is 0.416 e. The third kappa shape index (κ3) is 4.79. The largest absolute Gasteiger partial charge is 0.454 e. The number of ether oxygens (including phenoxy) is 3. The molecule has 0 fully saturated rings. The van der Waals surface area contributed by atoms with E-state index in [0.717, 1.165) is 17.7 Å². The van der Waals surface area contributed by atoms with Crippen LogP contribution in [0.15, 0.2) is 48.5 Å². The summed E-state index contributed by atoms with van der Waals surface area (Å²) in [5, 5.41) is 14.2. The van der Waals surface area contributed by atoms with Crippen LogP contribution in [0, 0.1) is 0 Å². The Balaban J connectivity index is 1.78. The molecule has 0 bridgehead atoms. The van der Waals surface area contributed by atoms with Crippen LogP contribution in [0.4, 0.5) is 19.0 Å². The first-order valence-electron chi connectivity index (χ1n) is 11.7. The van der Waals surface area contributed by atoms with Gasteiger partial charge in [-0.15, -0.1) is 0 Å². The van der Waals surface area contributed by atoms with Gasteiger partial charge in [0, 0.05) is 31.8 Å². The molecule has 37 heavy (non-hydrogen) atoms. The van der Waals surface area contributed by atoms with Gasteiger partial charge in [-0.3, -0.25) is 0 Å². The molecule has 0 unspecified atom stereocenters. The summed E-state index contributed by atoms with van der Waals surface area (Å²) in [6.07, 6.45) is -4.50. The SMILES string of the molecule is CCOCc1nn2c(-c3cccc(C(F)(F)F)c3)cc(N(C)CCO)nc2c1-c1ccc2c(c1)OCO2. The van der Waals surface area contributed by atoms with Crippen LogP contribution in [0.25, 0.3) is 28.0 Å². The Morgan fingerprint density at radius 3 is 2.65 bits per heavy atom. The van der Waals surface area contributed by atoms with Crippen molar-refractivity contribution < 1.29 is 32.5 Å². The number of likely N-dealkylation sites (N-methyl/N-ethyl adjacent to an activating group) is 1. The first kappa shape index (κ1) is 24.8. The smallest absolute Gasteiger partial charge is 0.416 e. The molecule has 0 spiro atoms. The van der Waals surface area contributed by atoms with Crippen molar-refractivity contribution in [3.63, 3.8) is 0 Å². The predicted molar refractivity (Wildman–Crippen MR) is 131 cm³/mol. The molecule has 5 rings (SSSR count). The predicted octanol–water partition coefficient (Wildman–Crippen LogP) is 4.78. The van der Waals surface area contributed by atoms with E-state index in [-0.39, 0.29) is 26.6 Å². The summed E-state index contributed by atoms with van der Waals surface area (Å²) in [6.45, 7) is 2.77. The van der Waals surface area contributed by atoms with E-state index in [2.05, 4.69) is 0 Å². The van der Waals surface area contributed by atoms with Crippen LogP contribution in [0.3, 0.4) is 0 Å². The second-order valence-corrected chi connectivity index (χ2v) is 8.49. The van der Waals surface area contributed by atoms with Crippen LogP contribution in [0.5, 0.6) is 11.5 Å². The average Bonchev–Trinajstić information content (AvgIpc) is 3.50. The Morgan fingerprint density at radius 1 is 1.08 bits per heavy atom. The summed E-state index contributed by atoms with van der Waals surface area (Å²) in [6, 6.07) is 12.2. The summed E-state index contributed by atoms with van der Waals surface area (Å²) in [4.78, 5) is 6.55. The van der Waals surface area contributed by atoms with Gasteiger partial charge in [-0.25, -0.2) is 9.50 Å². The van der Waals surface area contributed by atoms with Gasteiger partial charge in [0.2, 0.25) is 6.79 Å². The van der Waals surface area contributed by atoms with Crippen LogP contribution in [-0.2, 0) is 17.5 Å². The zero-order valence-corrected chi connectivity index (χ0v) is 20.2. The molecule has 0 saturated carbocycles. The maximum absolute atomic E-state index is 13.5. The summed E-state index contributed by atoms with van der Waals surface area (Å²) in [5.41, 5.74) is 2.39. The van der Waals surface area contributed by atoms with Crippen molar-refractivity contribution in [1.82, 2.24) is 14.6 Å². The zero-order chi connectivity index (χ0) is 26.2. The number of hydrogen-bond donors (Lipinski definition) is 1. The minimum absolute atomic E-state index is 0.118. The standard InChI is InChI=1S/C26H25F3N4O4/c1-3-35-14-19-24(17-7-8-21-22(12-17)37-15-36-21)25-30-23(32(2)9-10-34)13-20(33(25)31-19)16-5-4-6-18(11-16)26(27,28)29/h4-8,11-13,34H,3,9-10,14-15H2,1-2H3. The van der Waals surface area contributed by atoms with Gasteiger partial charge in [0.25, 0.3) is 0 Å². The second kappa shape index (κ2) is 9.91. The van der Waals surface area contributed by atoms with Gasteiger partial charge in [0.1, 0.15) is 5.82 Å². The fourth-order valence-electron chi connectivity index (χ4n) is 4.22. The van der Waals surface area contributed by atoms with Gasteiger partial charge < -0.3 is 24.2 Å². The van der Waals surface area contributed by atoms with Crippen molar-refractivity contribution in [2.45, 2.75) is 19.7 Å². The lowest BCUT2D eigenvalue weighted by Gasteiger charge is -2.19. The van der Waals surface area contributed by atoms with Crippen molar-refractivity contribution in [2.24, 2.45) is 0 Å². The fraction of sp³-hybridized carbons (Fsp3) is 0.308. The molecule has 1 aliphatic rings. The minimum Gasteiger partial charge on any atom is -0.454 e. The molecule has 1 aliphatic heterocycles. The first-order chi connectivity index (χ1) is 17.8. The Labute approximate surface area is 210 Å². The van der Waals surface area contributed by atoms with Crippen LogP contribution in [0.2, 0.25) is 0 Å². The molecule has 0 atom stereocenters. The Bertz CT molecular complexity index is 1440. The van der Waals surface area contributed by atoms with Gasteiger partial charge >= 0.3 is 6.18 Å². The van der Waals surface area contributed by atoms with Gasteiger partial charge in [-0.1, -0.05) is 18.2 Å². The summed E-state index contributed by atoms with van der Waals surface area (Å²) >= 11 is 0. The molecule has 3 heterocycles. The minimum atomic E-state index is -4.50. The number of nitrogens with zero attached hydrogens (tertiary/aromatic N) is 4. The molecule has 2 aromatic heterocycles. The Kier molecular flexibility index (Phi) is 6.65. The number of rotatable bonds is 8. The third-order valence-electron chi connectivity index (χ3n) is 6.06. The lowest BCUT2D eigenvalue weighted by molar-refractivity contribution is -0.137. The van der Waals surface area contributed by atoms with E-state index in [4.69, 9.17) is 24.3 Å². The number of halogens is 3. The number of aliphatic hydroxyl groups excluding tert-OH is 1. The van der Waals surface area contributed by atoms with E-state index in [0.29, 0.717) is 52.1 Å². The molecule has 194 valence electrons. The number of alkyl halides is 3. The highest BCUT2D eigenvalue weighted by Gasteiger charge is 2.31. The van der Waals surface area contributed by atoms with E-state index in [1.165, 1.54) is 6.07 Å². The number of aliphatic hydroxyl groups is 1. The number of aromatic nitrogens is 3. The molecular formula is C26H25F3N4O4. The Hall–Kier alpha value is -3.83. The van der Waals surface area contributed by atoms with Gasteiger partial charge in [-0.05, 0) is 36.8 Å². The third-order valence-corrected chi connectivity index (χ3v) is 6.06. The van der Waals surface area contributed by atoms with Crippen LogP contribution >= 0.6 is 0 Å². The number of fused-ring (bicyclic) bond motifs is 2. The number of hydrogen-bond acceptors (Lipinski definition) is 7. The summed E-state index contributed by atoms with van der Waals surface area (Å²) in [7, 11) is 1.75. The van der Waals surface area contributed by atoms with Crippen molar-refractivity contribution in [3.05, 3.63) is 59.8 Å². The molecule has 4 aromatic rings. The van der Waals surface area contributed by atoms with Gasteiger partial charge in [0.15, 0.2) is 17.1 Å². The van der Waals surface area contributed by atoms with E-state index >= 15 is 0 Å². The van der Waals surface area contributed by atoms with Crippen molar-refractivity contribution in [2.75, 3.05) is 38.5 Å². The van der Waals surface area contributed by atoms with E-state index in [9.17, 15) is 18.3 Å². The quantitative estimate of drug-likeness (QED) is 0.363. The van der Waals surface area contributed by atoms with Crippen molar-refractivity contribution in [1.29, 1.82) is 0 Å². The second-order valence-electron chi connectivity index (χ2n) is 8.49. The van der Waals surface area contributed by atoms with Crippen molar-refractivity contribution in [3.8, 4) is 33.9 Å². The number of anilines is 1.